The molecule has 3 aromatic rings. The summed E-state index contributed by atoms with van der Waals surface area (Å²) in [6.45, 7) is 0.931. The Balaban J connectivity index is 1.60. The van der Waals surface area contributed by atoms with Crippen LogP contribution in [-0.4, -0.2) is 52.7 Å². The molecular weight excluding hydrogens is 369 g/mol. The van der Waals surface area contributed by atoms with Crippen LogP contribution in [0.2, 0.25) is 0 Å². The Hall–Kier alpha value is -2.52. The monoisotopic (exact) mass is 389 g/mol. The molecule has 1 fully saturated rings. The van der Waals surface area contributed by atoms with Crippen molar-refractivity contribution >= 4 is 21.5 Å². The molecule has 1 saturated heterocycles. The third kappa shape index (κ3) is 3.52. The zero-order chi connectivity index (χ0) is 19.0. The van der Waals surface area contributed by atoms with Crippen molar-refractivity contribution < 1.29 is 12.8 Å². The number of rotatable bonds is 4. The molecule has 142 valence electrons. The Morgan fingerprint density at radius 3 is 2.52 bits per heavy atom. The summed E-state index contributed by atoms with van der Waals surface area (Å²) in [4.78, 5) is 4.12. The van der Waals surface area contributed by atoms with Crippen LogP contribution < -0.4 is 5.32 Å². The number of sulfonamides is 1. The van der Waals surface area contributed by atoms with Gasteiger partial charge in [0.1, 0.15) is 11.5 Å². The van der Waals surface area contributed by atoms with Crippen molar-refractivity contribution in [3.8, 4) is 11.3 Å². The normalized spacial score (nSPS) is 16.7. The molecule has 1 aliphatic heterocycles. The zero-order valence-electron chi connectivity index (χ0n) is 14.8. The molecule has 2 aromatic heterocycles. The molecule has 1 N–H and O–H groups in total. The van der Waals surface area contributed by atoms with Crippen molar-refractivity contribution in [1.82, 2.24) is 18.9 Å². The highest BCUT2D eigenvalue weighted by atomic mass is 32.2. The fourth-order valence-electron chi connectivity index (χ4n) is 3.35. The highest BCUT2D eigenvalue weighted by molar-refractivity contribution is 7.88. The molecule has 1 aromatic carbocycles. The van der Waals surface area contributed by atoms with Gasteiger partial charge in [-0.1, -0.05) is 30.3 Å². The third-order valence-corrected chi connectivity index (χ3v) is 6.09. The first-order valence-corrected chi connectivity index (χ1v) is 10.6. The van der Waals surface area contributed by atoms with Gasteiger partial charge in [-0.25, -0.2) is 22.1 Å². The lowest BCUT2D eigenvalue weighted by atomic mass is 10.1. The van der Waals surface area contributed by atoms with Crippen LogP contribution >= 0.6 is 0 Å². The molecular formula is C18H20FN5O2S. The van der Waals surface area contributed by atoms with Gasteiger partial charge in [-0.3, -0.25) is 0 Å². The van der Waals surface area contributed by atoms with E-state index in [9.17, 15) is 12.8 Å². The standard InChI is InChI=1S/C18H20FN5O2S/c1-27(25,26)23-11-8-14(9-12-23)21-15-7-10-20-18-16(19)17(22-24(15)18)13-5-3-2-4-6-13/h2-7,10,14,21H,8-9,11-12H2,1H3. The zero-order valence-corrected chi connectivity index (χ0v) is 15.7. The molecule has 0 amide bonds. The van der Waals surface area contributed by atoms with Crippen LogP contribution in [0.3, 0.4) is 0 Å². The van der Waals surface area contributed by atoms with Gasteiger partial charge in [0.25, 0.3) is 0 Å². The van der Waals surface area contributed by atoms with Crippen molar-refractivity contribution in [3.63, 3.8) is 0 Å². The average molecular weight is 389 g/mol. The molecule has 1 aliphatic rings. The lowest BCUT2D eigenvalue weighted by molar-refractivity contribution is 0.331. The maximum Gasteiger partial charge on any atom is 0.211 e. The van der Waals surface area contributed by atoms with Crippen LogP contribution in [0.25, 0.3) is 16.9 Å². The van der Waals surface area contributed by atoms with E-state index in [1.54, 1.807) is 24.4 Å². The van der Waals surface area contributed by atoms with Gasteiger partial charge >= 0.3 is 0 Å². The summed E-state index contributed by atoms with van der Waals surface area (Å²) in [6, 6.07) is 11.0. The van der Waals surface area contributed by atoms with E-state index in [1.165, 1.54) is 15.1 Å². The number of anilines is 1. The number of piperidine rings is 1. The number of fused-ring (bicyclic) bond motifs is 1. The molecule has 27 heavy (non-hydrogen) atoms. The second-order valence-electron chi connectivity index (χ2n) is 6.67. The largest absolute Gasteiger partial charge is 0.367 e. The number of nitrogens with one attached hydrogen (secondary N) is 1. The molecule has 0 spiro atoms. The maximum atomic E-state index is 14.8. The van der Waals surface area contributed by atoms with Crippen LogP contribution in [0.1, 0.15) is 12.8 Å². The average Bonchev–Trinajstić information content (AvgIpc) is 3.00. The lowest BCUT2D eigenvalue weighted by Crippen LogP contribution is -2.42. The number of aromatic nitrogens is 3. The van der Waals surface area contributed by atoms with Gasteiger partial charge in [0.05, 0.1) is 6.26 Å². The van der Waals surface area contributed by atoms with Crippen molar-refractivity contribution in [1.29, 1.82) is 0 Å². The highest BCUT2D eigenvalue weighted by Crippen LogP contribution is 2.26. The van der Waals surface area contributed by atoms with E-state index < -0.39 is 15.8 Å². The van der Waals surface area contributed by atoms with Gasteiger partial charge in [-0.15, -0.1) is 0 Å². The van der Waals surface area contributed by atoms with E-state index in [-0.39, 0.29) is 17.4 Å². The number of hydrogen-bond acceptors (Lipinski definition) is 5. The molecule has 7 nitrogen and oxygen atoms in total. The Morgan fingerprint density at radius 2 is 1.85 bits per heavy atom. The summed E-state index contributed by atoms with van der Waals surface area (Å²) >= 11 is 0. The molecule has 4 rings (SSSR count). The Bertz CT molecular complexity index is 1060. The predicted molar refractivity (Wildman–Crippen MR) is 101 cm³/mol. The van der Waals surface area contributed by atoms with Crippen LogP contribution in [-0.2, 0) is 10.0 Å². The fourth-order valence-corrected chi connectivity index (χ4v) is 4.22. The van der Waals surface area contributed by atoms with Gasteiger partial charge in [0, 0.05) is 30.9 Å². The molecule has 0 radical (unpaired) electrons. The van der Waals surface area contributed by atoms with Gasteiger partial charge in [0.2, 0.25) is 10.0 Å². The summed E-state index contributed by atoms with van der Waals surface area (Å²) in [5.74, 6) is 0.177. The Labute approximate surface area is 156 Å². The van der Waals surface area contributed by atoms with Gasteiger partial charge < -0.3 is 5.32 Å². The first-order chi connectivity index (χ1) is 12.9. The molecule has 0 bridgehead atoms. The van der Waals surface area contributed by atoms with Crippen LogP contribution in [0, 0.1) is 5.82 Å². The molecule has 0 unspecified atom stereocenters. The minimum Gasteiger partial charge on any atom is -0.367 e. The first-order valence-electron chi connectivity index (χ1n) is 8.74. The van der Waals surface area contributed by atoms with Crippen LogP contribution in [0.4, 0.5) is 10.2 Å². The van der Waals surface area contributed by atoms with Crippen molar-refractivity contribution in [2.75, 3.05) is 24.7 Å². The number of hydrogen-bond donors (Lipinski definition) is 1. The van der Waals surface area contributed by atoms with Gasteiger partial charge in [-0.2, -0.15) is 9.61 Å². The lowest BCUT2D eigenvalue weighted by Gasteiger charge is -2.31. The van der Waals surface area contributed by atoms with Crippen molar-refractivity contribution in [2.45, 2.75) is 18.9 Å². The van der Waals surface area contributed by atoms with E-state index >= 15 is 0 Å². The van der Waals surface area contributed by atoms with Crippen LogP contribution in [0.5, 0.6) is 0 Å². The summed E-state index contributed by atoms with van der Waals surface area (Å²) in [5, 5.41) is 7.77. The molecule has 0 aliphatic carbocycles. The molecule has 3 heterocycles. The van der Waals surface area contributed by atoms with Crippen molar-refractivity contribution in [2.24, 2.45) is 0 Å². The summed E-state index contributed by atoms with van der Waals surface area (Å²) in [7, 11) is -3.16. The minimum absolute atomic E-state index is 0.0843. The minimum atomic E-state index is -3.16. The summed E-state index contributed by atoms with van der Waals surface area (Å²) < 4.78 is 41.0. The SMILES string of the molecule is CS(=O)(=O)N1CCC(Nc2ccnc3c(F)c(-c4ccccc4)nn23)CC1. The quantitative estimate of drug-likeness (QED) is 0.741. The Morgan fingerprint density at radius 1 is 1.15 bits per heavy atom. The van der Waals surface area contributed by atoms with Crippen molar-refractivity contribution in [3.05, 3.63) is 48.4 Å². The van der Waals surface area contributed by atoms with Gasteiger partial charge in [0.15, 0.2) is 11.5 Å². The first kappa shape index (κ1) is 17.9. The Kier molecular flexibility index (Phi) is 4.56. The highest BCUT2D eigenvalue weighted by Gasteiger charge is 2.25. The van der Waals surface area contributed by atoms with E-state index in [0.29, 0.717) is 37.3 Å². The second kappa shape index (κ2) is 6.90. The third-order valence-electron chi connectivity index (χ3n) is 4.78. The van der Waals surface area contributed by atoms with Crippen LogP contribution in [0.15, 0.2) is 42.6 Å². The molecule has 0 atom stereocenters. The van der Waals surface area contributed by atoms with Gasteiger partial charge in [-0.05, 0) is 18.9 Å². The smallest absolute Gasteiger partial charge is 0.211 e. The number of nitrogens with zero attached hydrogens (tertiary/aromatic N) is 4. The number of benzene rings is 1. The van der Waals surface area contributed by atoms with E-state index in [1.807, 2.05) is 18.2 Å². The topological polar surface area (TPSA) is 79.6 Å². The molecule has 9 heteroatoms. The fraction of sp³-hybridized carbons (Fsp3) is 0.333. The van der Waals surface area contributed by atoms with E-state index in [4.69, 9.17) is 0 Å². The predicted octanol–water partition coefficient (Wildman–Crippen LogP) is 2.37. The summed E-state index contributed by atoms with van der Waals surface area (Å²) in [6.07, 6.45) is 4.12. The summed E-state index contributed by atoms with van der Waals surface area (Å²) in [5.41, 5.74) is 1.10. The molecule has 0 saturated carbocycles. The van der Waals surface area contributed by atoms with E-state index in [0.717, 1.165) is 0 Å². The van der Waals surface area contributed by atoms with E-state index in [2.05, 4.69) is 15.4 Å². The second-order valence-corrected chi connectivity index (χ2v) is 8.66. The maximum absolute atomic E-state index is 14.8. The number of halogens is 1.